The number of nitrogens with one attached hydrogen (secondary N) is 1. The first-order valence-corrected chi connectivity index (χ1v) is 14.8. The van der Waals surface area contributed by atoms with E-state index in [-0.39, 0.29) is 61.2 Å². The van der Waals surface area contributed by atoms with Crippen LogP contribution in [-0.2, 0) is 23.9 Å². The average Bonchev–Trinajstić information content (AvgIpc) is 3.21. The van der Waals surface area contributed by atoms with Gasteiger partial charge in [-0.2, -0.15) is 0 Å². The molecule has 1 aromatic rings. The number of carbonyl (C=O) groups excluding carboxylic acids is 4. The fourth-order valence-electron chi connectivity index (χ4n) is 8.48. The molecule has 0 saturated heterocycles. The highest BCUT2D eigenvalue weighted by Gasteiger charge is 2.68. The molecule has 8 heteroatoms. The lowest BCUT2D eigenvalue weighted by Gasteiger charge is -2.59. The second-order valence-corrected chi connectivity index (χ2v) is 12.9. The molecule has 0 unspecified atom stereocenters. The maximum atomic E-state index is 13.4. The highest BCUT2D eigenvalue weighted by molar-refractivity contribution is 6.01. The van der Waals surface area contributed by atoms with Crippen molar-refractivity contribution in [2.45, 2.75) is 83.5 Å². The molecule has 3 fully saturated rings. The van der Waals surface area contributed by atoms with Crippen LogP contribution in [0.15, 0.2) is 54.1 Å². The SMILES string of the molecule is C[C@@H](NC(=O)CCC(=O)OCC(=O)[C@]1(O)CC[C@@H]2[C@H]3CCC4=CC(=O)C=C[C@]4(C)[C@H]3[C@@H](O)C[C@@]21C)c1ccccc1. The van der Waals surface area contributed by atoms with Gasteiger partial charge in [0, 0.05) is 23.2 Å². The number of Topliss-reactive ketones (excluding diaryl/α,β-unsaturated/α-hetero) is 1. The molecule has 1 aromatic carbocycles. The van der Waals surface area contributed by atoms with Crippen LogP contribution in [0, 0.1) is 28.6 Å². The van der Waals surface area contributed by atoms with E-state index in [0.717, 1.165) is 24.0 Å². The summed E-state index contributed by atoms with van der Waals surface area (Å²) in [5.41, 5.74) is -1.01. The summed E-state index contributed by atoms with van der Waals surface area (Å²) >= 11 is 0. The van der Waals surface area contributed by atoms with Crippen molar-refractivity contribution in [2.24, 2.45) is 28.6 Å². The van der Waals surface area contributed by atoms with Gasteiger partial charge in [-0.15, -0.1) is 0 Å². The molecular formula is C33H41NO7. The van der Waals surface area contributed by atoms with Crippen molar-refractivity contribution >= 4 is 23.4 Å². The Balaban J connectivity index is 1.18. The van der Waals surface area contributed by atoms with E-state index in [1.165, 1.54) is 0 Å². The second-order valence-electron chi connectivity index (χ2n) is 12.9. The molecule has 0 spiro atoms. The van der Waals surface area contributed by atoms with Gasteiger partial charge in [-0.05, 0) is 68.6 Å². The van der Waals surface area contributed by atoms with Crippen LogP contribution < -0.4 is 5.32 Å². The smallest absolute Gasteiger partial charge is 0.306 e. The van der Waals surface area contributed by atoms with Crippen molar-refractivity contribution in [3.8, 4) is 0 Å². The number of allylic oxidation sites excluding steroid dienone is 4. The summed E-state index contributed by atoms with van der Waals surface area (Å²) in [5.74, 6) is -1.55. The van der Waals surface area contributed by atoms with Crippen molar-refractivity contribution < 1.29 is 34.1 Å². The summed E-state index contributed by atoms with van der Waals surface area (Å²) < 4.78 is 5.24. The molecule has 0 aromatic heterocycles. The monoisotopic (exact) mass is 563 g/mol. The second kappa shape index (κ2) is 11.0. The Bertz CT molecular complexity index is 1290. The molecule has 0 bridgehead atoms. The van der Waals surface area contributed by atoms with Gasteiger partial charge in [0.25, 0.3) is 0 Å². The fourth-order valence-corrected chi connectivity index (χ4v) is 8.48. The zero-order chi connectivity index (χ0) is 29.6. The highest BCUT2D eigenvalue weighted by atomic mass is 16.5. The van der Waals surface area contributed by atoms with Gasteiger partial charge in [-0.25, -0.2) is 0 Å². The van der Waals surface area contributed by atoms with Crippen LogP contribution in [-0.4, -0.2) is 52.0 Å². The lowest BCUT2D eigenvalue weighted by atomic mass is 9.46. The number of aliphatic hydroxyl groups excluding tert-OH is 1. The van der Waals surface area contributed by atoms with Crippen LogP contribution in [0.4, 0.5) is 0 Å². The van der Waals surface area contributed by atoms with Crippen LogP contribution in [0.3, 0.4) is 0 Å². The zero-order valence-electron chi connectivity index (χ0n) is 24.1. The Labute approximate surface area is 241 Å². The number of hydrogen-bond donors (Lipinski definition) is 3. The average molecular weight is 564 g/mol. The number of benzene rings is 1. The number of hydrogen-bond acceptors (Lipinski definition) is 7. The Morgan fingerprint density at radius 2 is 1.85 bits per heavy atom. The highest BCUT2D eigenvalue weighted by Crippen LogP contribution is 2.67. The normalized spacial score (nSPS) is 36.3. The third-order valence-electron chi connectivity index (χ3n) is 10.7. The maximum Gasteiger partial charge on any atom is 0.306 e. The van der Waals surface area contributed by atoms with Crippen molar-refractivity contribution in [3.63, 3.8) is 0 Å². The summed E-state index contributed by atoms with van der Waals surface area (Å²) in [7, 11) is 0. The van der Waals surface area contributed by atoms with Crippen LogP contribution >= 0.6 is 0 Å². The van der Waals surface area contributed by atoms with Crippen molar-refractivity contribution in [1.82, 2.24) is 5.32 Å². The molecule has 220 valence electrons. The molecule has 0 radical (unpaired) electrons. The minimum Gasteiger partial charge on any atom is -0.458 e. The predicted octanol–water partition coefficient (Wildman–Crippen LogP) is 3.77. The molecule has 1 amide bonds. The molecule has 4 aliphatic carbocycles. The van der Waals surface area contributed by atoms with E-state index in [9.17, 15) is 29.4 Å². The maximum absolute atomic E-state index is 13.4. The summed E-state index contributed by atoms with van der Waals surface area (Å²) in [6.45, 7) is 5.26. The first kappa shape index (κ1) is 29.4. The van der Waals surface area contributed by atoms with E-state index in [0.29, 0.717) is 6.42 Å². The van der Waals surface area contributed by atoms with Gasteiger partial charge in [-0.3, -0.25) is 19.2 Å². The fraction of sp³-hybridized carbons (Fsp3) is 0.576. The molecule has 41 heavy (non-hydrogen) atoms. The molecular weight excluding hydrogens is 522 g/mol. The third-order valence-corrected chi connectivity index (χ3v) is 10.7. The Kier molecular flexibility index (Phi) is 7.85. The molecule has 3 saturated carbocycles. The molecule has 3 N–H and O–H groups in total. The van der Waals surface area contributed by atoms with E-state index in [4.69, 9.17) is 4.74 Å². The van der Waals surface area contributed by atoms with E-state index in [2.05, 4.69) is 12.2 Å². The first-order chi connectivity index (χ1) is 19.4. The molecule has 8 nitrogen and oxygen atoms in total. The minimum atomic E-state index is -1.72. The number of esters is 1. The Morgan fingerprint density at radius 1 is 1.12 bits per heavy atom. The summed E-state index contributed by atoms with van der Waals surface area (Å²) in [5, 5.41) is 26.1. The molecule has 0 heterocycles. The van der Waals surface area contributed by atoms with E-state index < -0.39 is 40.9 Å². The summed E-state index contributed by atoms with van der Waals surface area (Å²) in [6, 6.07) is 9.29. The van der Waals surface area contributed by atoms with E-state index in [1.54, 1.807) is 12.2 Å². The largest absolute Gasteiger partial charge is 0.458 e. The lowest BCUT2D eigenvalue weighted by molar-refractivity contribution is -0.181. The van der Waals surface area contributed by atoms with Crippen LogP contribution in [0.2, 0.25) is 0 Å². The van der Waals surface area contributed by atoms with Gasteiger partial charge in [-0.1, -0.05) is 55.8 Å². The van der Waals surface area contributed by atoms with E-state index in [1.807, 2.05) is 50.3 Å². The van der Waals surface area contributed by atoms with Crippen molar-refractivity contribution in [2.75, 3.05) is 6.61 Å². The first-order valence-electron chi connectivity index (χ1n) is 14.8. The number of rotatable bonds is 8. The molecule has 5 rings (SSSR count). The number of aliphatic hydroxyl groups is 2. The zero-order valence-corrected chi connectivity index (χ0v) is 24.1. The molecule has 4 aliphatic rings. The van der Waals surface area contributed by atoms with Gasteiger partial charge in [0.15, 0.2) is 12.4 Å². The number of fused-ring (bicyclic) bond motifs is 5. The van der Waals surface area contributed by atoms with Crippen LogP contribution in [0.25, 0.3) is 0 Å². The van der Waals surface area contributed by atoms with Crippen LogP contribution in [0.1, 0.15) is 77.3 Å². The third kappa shape index (κ3) is 5.10. The van der Waals surface area contributed by atoms with Crippen molar-refractivity contribution in [1.29, 1.82) is 0 Å². The molecule has 0 aliphatic heterocycles. The summed E-state index contributed by atoms with van der Waals surface area (Å²) in [4.78, 5) is 50.2. The van der Waals surface area contributed by atoms with E-state index >= 15 is 0 Å². The van der Waals surface area contributed by atoms with Gasteiger partial charge in [0.1, 0.15) is 5.60 Å². The number of ether oxygens (including phenoxy) is 1. The van der Waals surface area contributed by atoms with Gasteiger partial charge in [0.05, 0.1) is 18.6 Å². The standard InChI is InChI=1S/C33H41NO7/c1-20(21-7-5-4-6-8-21)34-28(38)11-12-29(39)41-19-27(37)33(40)16-14-25-24-10-9-22-17-23(35)13-15-31(22,2)30(24)26(36)18-32(25,33)3/h4-8,13,15,17,20,24-26,30,36,40H,9-12,14,16,18-19H2,1-3H3,(H,34,38)/t20-,24-,25-,26+,30-,31+,32+,33-/m1/s1. The van der Waals surface area contributed by atoms with Gasteiger partial charge >= 0.3 is 5.97 Å². The van der Waals surface area contributed by atoms with Crippen LogP contribution in [0.5, 0.6) is 0 Å². The lowest BCUT2D eigenvalue weighted by Crippen LogP contribution is -2.61. The quantitative estimate of drug-likeness (QED) is 0.411. The number of amides is 1. The number of ketones is 2. The minimum absolute atomic E-state index is 0.0141. The Morgan fingerprint density at radius 3 is 2.59 bits per heavy atom. The Hall–Kier alpha value is -3.10. The molecule has 8 atom stereocenters. The number of carbonyl (C=O) groups is 4. The topological polar surface area (TPSA) is 130 Å². The summed E-state index contributed by atoms with van der Waals surface area (Å²) in [6.07, 6.45) is 6.88. The van der Waals surface area contributed by atoms with Gasteiger partial charge in [0.2, 0.25) is 11.7 Å². The van der Waals surface area contributed by atoms with Crippen molar-refractivity contribution in [3.05, 3.63) is 59.7 Å². The predicted molar refractivity (Wildman–Crippen MR) is 151 cm³/mol. The van der Waals surface area contributed by atoms with Gasteiger partial charge < -0.3 is 20.3 Å².